The molecule has 1 aliphatic heterocycles. The van der Waals surface area contributed by atoms with E-state index in [1.54, 1.807) is 0 Å². The highest BCUT2D eigenvalue weighted by Crippen LogP contribution is 2.27. The summed E-state index contributed by atoms with van der Waals surface area (Å²) >= 11 is 0. The van der Waals surface area contributed by atoms with E-state index in [-0.39, 0.29) is 18.1 Å². The highest BCUT2D eigenvalue weighted by atomic mass is 16.5. The SMILES string of the molecule is C[C@H](NC(=O)COC1(C)CNC1)C1CCCC1. The Morgan fingerprint density at radius 1 is 1.47 bits per heavy atom. The van der Waals surface area contributed by atoms with Crippen molar-refractivity contribution >= 4 is 5.91 Å². The van der Waals surface area contributed by atoms with Crippen LogP contribution >= 0.6 is 0 Å². The van der Waals surface area contributed by atoms with Crippen LogP contribution < -0.4 is 10.6 Å². The van der Waals surface area contributed by atoms with Gasteiger partial charge in [-0.1, -0.05) is 12.8 Å². The highest BCUT2D eigenvalue weighted by molar-refractivity contribution is 5.77. The molecule has 2 fully saturated rings. The summed E-state index contributed by atoms with van der Waals surface area (Å²) in [6, 6.07) is 0.293. The third kappa shape index (κ3) is 3.42. The Balaban J connectivity index is 1.65. The Labute approximate surface area is 103 Å². The van der Waals surface area contributed by atoms with Crippen LogP contribution in [0.15, 0.2) is 0 Å². The lowest BCUT2D eigenvalue weighted by molar-refractivity contribution is -0.136. The van der Waals surface area contributed by atoms with Crippen LogP contribution in [0.25, 0.3) is 0 Å². The van der Waals surface area contributed by atoms with E-state index in [2.05, 4.69) is 17.6 Å². The number of ether oxygens (including phenoxy) is 1. The van der Waals surface area contributed by atoms with Gasteiger partial charge >= 0.3 is 0 Å². The van der Waals surface area contributed by atoms with Crippen molar-refractivity contribution in [1.82, 2.24) is 10.6 Å². The van der Waals surface area contributed by atoms with Gasteiger partial charge in [-0.3, -0.25) is 4.79 Å². The Morgan fingerprint density at radius 3 is 2.65 bits per heavy atom. The normalized spacial score (nSPS) is 25.3. The second-order valence-electron chi connectivity index (χ2n) is 5.74. The van der Waals surface area contributed by atoms with Gasteiger partial charge in [-0.15, -0.1) is 0 Å². The minimum atomic E-state index is -0.131. The maximum absolute atomic E-state index is 11.7. The molecule has 2 N–H and O–H groups in total. The van der Waals surface area contributed by atoms with Crippen molar-refractivity contribution in [3.63, 3.8) is 0 Å². The van der Waals surface area contributed by atoms with Crippen LogP contribution in [0.4, 0.5) is 0 Å². The predicted molar refractivity (Wildman–Crippen MR) is 66.8 cm³/mol. The molecule has 1 saturated heterocycles. The zero-order valence-electron chi connectivity index (χ0n) is 10.9. The minimum Gasteiger partial charge on any atom is -0.363 e. The zero-order valence-corrected chi connectivity index (χ0v) is 10.9. The number of carbonyl (C=O) groups excluding carboxylic acids is 1. The van der Waals surface area contributed by atoms with Crippen LogP contribution in [0.2, 0.25) is 0 Å². The highest BCUT2D eigenvalue weighted by Gasteiger charge is 2.33. The molecule has 0 bridgehead atoms. The van der Waals surface area contributed by atoms with Gasteiger partial charge < -0.3 is 15.4 Å². The van der Waals surface area contributed by atoms with Crippen LogP contribution in [-0.4, -0.2) is 37.2 Å². The largest absolute Gasteiger partial charge is 0.363 e. The van der Waals surface area contributed by atoms with Gasteiger partial charge in [0.05, 0.1) is 5.60 Å². The van der Waals surface area contributed by atoms with Gasteiger partial charge in [0.1, 0.15) is 6.61 Å². The van der Waals surface area contributed by atoms with Crippen LogP contribution in [-0.2, 0) is 9.53 Å². The molecule has 2 rings (SSSR count). The third-order valence-electron chi connectivity index (χ3n) is 4.05. The Morgan fingerprint density at radius 2 is 2.12 bits per heavy atom. The van der Waals surface area contributed by atoms with Gasteiger partial charge in [-0.2, -0.15) is 0 Å². The summed E-state index contributed by atoms with van der Waals surface area (Å²) in [5, 5.41) is 6.21. The second-order valence-corrected chi connectivity index (χ2v) is 5.74. The smallest absolute Gasteiger partial charge is 0.246 e. The zero-order chi connectivity index (χ0) is 12.3. The molecule has 4 nitrogen and oxygen atoms in total. The summed E-state index contributed by atoms with van der Waals surface area (Å²) in [4.78, 5) is 11.7. The van der Waals surface area contributed by atoms with E-state index in [1.165, 1.54) is 25.7 Å². The molecule has 0 radical (unpaired) electrons. The van der Waals surface area contributed by atoms with Crippen molar-refractivity contribution in [2.75, 3.05) is 19.7 Å². The van der Waals surface area contributed by atoms with Gasteiger partial charge in [0.15, 0.2) is 0 Å². The van der Waals surface area contributed by atoms with Crippen molar-refractivity contribution in [2.24, 2.45) is 5.92 Å². The fraction of sp³-hybridized carbons (Fsp3) is 0.923. The fourth-order valence-electron chi connectivity index (χ4n) is 2.69. The van der Waals surface area contributed by atoms with Crippen molar-refractivity contribution < 1.29 is 9.53 Å². The lowest BCUT2D eigenvalue weighted by Crippen LogP contribution is -2.59. The van der Waals surface area contributed by atoms with Crippen molar-refractivity contribution in [3.05, 3.63) is 0 Å². The van der Waals surface area contributed by atoms with E-state index in [4.69, 9.17) is 4.74 Å². The van der Waals surface area contributed by atoms with Gasteiger partial charge in [-0.05, 0) is 32.6 Å². The lowest BCUT2D eigenvalue weighted by atomic mass is 9.99. The molecule has 98 valence electrons. The van der Waals surface area contributed by atoms with Crippen molar-refractivity contribution in [2.45, 2.75) is 51.2 Å². The molecule has 1 saturated carbocycles. The maximum atomic E-state index is 11.7. The number of hydrogen-bond donors (Lipinski definition) is 2. The average Bonchev–Trinajstić information content (AvgIpc) is 2.77. The minimum absolute atomic E-state index is 0.0255. The van der Waals surface area contributed by atoms with E-state index in [9.17, 15) is 4.79 Å². The first-order valence-electron chi connectivity index (χ1n) is 6.73. The number of carbonyl (C=O) groups is 1. The summed E-state index contributed by atoms with van der Waals surface area (Å²) in [6.07, 6.45) is 5.13. The fourth-order valence-corrected chi connectivity index (χ4v) is 2.69. The van der Waals surface area contributed by atoms with Crippen molar-refractivity contribution in [1.29, 1.82) is 0 Å². The molecule has 1 heterocycles. The molecule has 2 aliphatic rings. The molecule has 17 heavy (non-hydrogen) atoms. The Hall–Kier alpha value is -0.610. The summed E-state index contributed by atoms with van der Waals surface area (Å²) in [6.45, 7) is 6.03. The van der Waals surface area contributed by atoms with E-state index in [0.29, 0.717) is 12.0 Å². The third-order valence-corrected chi connectivity index (χ3v) is 4.05. The molecular weight excluding hydrogens is 216 g/mol. The lowest BCUT2D eigenvalue weighted by Gasteiger charge is -2.38. The second kappa shape index (κ2) is 5.36. The van der Waals surface area contributed by atoms with Gasteiger partial charge in [0.25, 0.3) is 0 Å². The maximum Gasteiger partial charge on any atom is 0.246 e. The number of hydrogen-bond acceptors (Lipinski definition) is 3. The first-order valence-corrected chi connectivity index (χ1v) is 6.73. The van der Waals surface area contributed by atoms with E-state index < -0.39 is 0 Å². The monoisotopic (exact) mass is 240 g/mol. The van der Waals surface area contributed by atoms with E-state index >= 15 is 0 Å². The molecule has 1 aliphatic carbocycles. The van der Waals surface area contributed by atoms with Crippen molar-refractivity contribution in [3.8, 4) is 0 Å². The molecular formula is C13H24N2O2. The van der Waals surface area contributed by atoms with Crippen LogP contribution in [0.3, 0.4) is 0 Å². The Kier molecular flexibility index (Phi) is 4.05. The first-order chi connectivity index (χ1) is 8.09. The average molecular weight is 240 g/mol. The summed E-state index contributed by atoms with van der Waals surface area (Å²) in [7, 11) is 0. The molecule has 1 atom stereocenters. The van der Waals surface area contributed by atoms with Gasteiger partial charge in [-0.25, -0.2) is 0 Å². The van der Waals surface area contributed by atoms with E-state index in [0.717, 1.165) is 13.1 Å². The molecule has 1 amide bonds. The Bertz CT molecular complexity index is 271. The molecule has 0 spiro atoms. The van der Waals surface area contributed by atoms with Gasteiger partial charge in [0, 0.05) is 19.1 Å². The summed E-state index contributed by atoms with van der Waals surface area (Å²) in [5.41, 5.74) is -0.131. The molecule has 0 aromatic carbocycles. The molecule has 4 heteroatoms. The number of amides is 1. The standard InChI is InChI=1S/C13H24N2O2/c1-10(11-5-3-4-6-11)15-12(16)7-17-13(2)8-14-9-13/h10-11,14H,3-9H2,1-2H3,(H,15,16)/t10-/m0/s1. The van der Waals surface area contributed by atoms with Crippen LogP contribution in [0.1, 0.15) is 39.5 Å². The summed E-state index contributed by atoms with van der Waals surface area (Å²) in [5.74, 6) is 0.692. The van der Waals surface area contributed by atoms with Crippen LogP contribution in [0.5, 0.6) is 0 Å². The predicted octanol–water partition coefficient (Wildman–Crippen LogP) is 1.06. The molecule has 0 unspecified atom stereocenters. The summed E-state index contributed by atoms with van der Waals surface area (Å²) < 4.78 is 5.62. The molecule has 0 aromatic rings. The molecule has 0 aromatic heterocycles. The first kappa shape index (κ1) is 12.8. The van der Waals surface area contributed by atoms with Gasteiger partial charge in [0.2, 0.25) is 5.91 Å². The number of rotatable bonds is 5. The number of nitrogens with one attached hydrogen (secondary N) is 2. The van der Waals surface area contributed by atoms with Crippen LogP contribution in [0, 0.1) is 5.92 Å². The quantitative estimate of drug-likeness (QED) is 0.755. The van der Waals surface area contributed by atoms with E-state index in [1.807, 2.05) is 6.92 Å². The topological polar surface area (TPSA) is 50.4 Å².